The Morgan fingerprint density at radius 3 is 3.15 bits per heavy atom. The van der Waals surface area contributed by atoms with E-state index in [1.807, 2.05) is 4.57 Å². The second-order valence-electron chi connectivity index (χ2n) is 2.83. The van der Waals surface area contributed by atoms with Crippen molar-refractivity contribution in [1.29, 1.82) is 0 Å². The standard InChI is InChI=1S/C8H16N4O/c1-13-6-5-12-7-10-11-8(12)3-2-4-9/h7H,2-6,9H2,1H3. The minimum Gasteiger partial charge on any atom is -0.383 e. The molecule has 0 amide bonds. The molecule has 0 saturated heterocycles. The summed E-state index contributed by atoms with van der Waals surface area (Å²) in [7, 11) is 1.68. The molecule has 0 aromatic carbocycles. The van der Waals surface area contributed by atoms with Crippen molar-refractivity contribution in [3.63, 3.8) is 0 Å². The van der Waals surface area contributed by atoms with Gasteiger partial charge in [0.2, 0.25) is 0 Å². The monoisotopic (exact) mass is 184 g/mol. The van der Waals surface area contributed by atoms with Crippen molar-refractivity contribution in [1.82, 2.24) is 14.8 Å². The second-order valence-corrected chi connectivity index (χ2v) is 2.83. The zero-order chi connectivity index (χ0) is 9.52. The SMILES string of the molecule is COCCn1cnnc1CCCN. The van der Waals surface area contributed by atoms with Crippen molar-refractivity contribution < 1.29 is 4.74 Å². The Balaban J connectivity index is 2.45. The lowest BCUT2D eigenvalue weighted by molar-refractivity contribution is 0.186. The van der Waals surface area contributed by atoms with Crippen molar-refractivity contribution in [2.45, 2.75) is 19.4 Å². The summed E-state index contributed by atoms with van der Waals surface area (Å²) in [5.41, 5.74) is 5.41. The van der Waals surface area contributed by atoms with Crippen LogP contribution in [0.4, 0.5) is 0 Å². The van der Waals surface area contributed by atoms with Gasteiger partial charge in [-0.1, -0.05) is 0 Å². The summed E-state index contributed by atoms with van der Waals surface area (Å²) in [4.78, 5) is 0. The molecule has 0 saturated carbocycles. The highest BCUT2D eigenvalue weighted by Crippen LogP contribution is 1.98. The summed E-state index contributed by atoms with van der Waals surface area (Å²) in [6.07, 6.45) is 3.57. The van der Waals surface area contributed by atoms with Gasteiger partial charge >= 0.3 is 0 Å². The number of nitrogens with zero attached hydrogens (tertiary/aromatic N) is 3. The minimum absolute atomic E-state index is 0.688. The average molecular weight is 184 g/mol. The van der Waals surface area contributed by atoms with Gasteiger partial charge in [0.05, 0.1) is 6.61 Å². The van der Waals surface area contributed by atoms with Crippen LogP contribution < -0.4 is 5.73 Å². The first-order chi connectivity index (χ1) is 6.38. The number of hydrogen-bond donors (Lipinski definition) is 1. The Morgan fingerprint density at radius 2 is 2.46 bits per heavy atom. The highest BCUT2D eigenvalue weighted by molar-refractivity contribution is 4.85. The lowest BCUT2D eigenvalue weighted by Gasteiger charge is -2.04. The summed E-state index contributed by atoms with van der Waals surface area (Å²) < 4.78 is 6.97. The fourth-order valence-electron chi connectivity index (χ4n) is 1.11. The van der Waals surface area contributed by atoms with Crippen molar-refractivity contribution in [2.75, 3.05) is 20.3 Å². The van der Waals surface area contributed by atoms with Crippen molar-refractivity contribution in [3.8, 4) is 0 Å². The fraction of sp³-hybridized carbons (Fsp3) is 0.750. The van der Waals surface area contributed by atoms with E-state index in [1.165, 1.54) is 0 Å². The zero-order valence-electron chi connectivity index (χ0n) is 7.94. The van der Waals surface area contributed by atoms with Crippen LogP contribution >= 0.6 is 0 Å². The first-order valence-electron chi connectivity index (χ1n) is 4.44. The van der Waals surface area contributed by atoms with Crippen molar-refractivity contribution in [3.05, 3.63) is 12.2 Å². The Labute approximate surface area is 77.9 Å². The van der Waals surface area contributed by atoms with Gasteiger partial charge in [-0.3, -0.25) is 0 Å². The van der Waals surface area contributed by atoms with Crippen molar-refractivity contribution in [2.24, 2.45) is 5.73 Å². The predicted molar refractivity (Wildman–Crippen MR) is 49.3 cm³/mol. The molecule has 0 unspecified atom stereocenters. The van der Waals surface area contributed by atoms with Crippen molar-refractivity contribution >= 4 is 0 Å². The molecule has 0 fully saturated rings. The number of methoxy groups -OCH3 is 1. The summed E-state index contributed by atoms with van der Waals surface area (Å²) in [5.74, 6) is 0.988. The molecule has 0 radical (unpaired) electrons. The summed E-state index contributed by atoms with van der Waals surface area (Å²) in [6, 6.07) is 0. The first-order valence-corrected chi connectivity index (χ1v) is 4.44. The van der Waals surface area contributed by atoms with Gasteiger partial charge < -0.3 is 15.0 Å². The van der Waals surface area contributed by atoms with Gasteiger partial charge in [0.15, 0.2) is 0 Å². The number of hydrogen-bond acceptors (Lipinski definition) is 4. The number of aryl methyl sites for hydroxylation is 1. The lowest BCUT2D eigenvalue weighted by atomic mass is 10.3. The quantitative estimate of drug-likeness (QED) is 0.665. The molecule has 1 aromatic heterocycles. The normalized spacial score (nSPS) is 10.6. The number of rotatable bonds is 6. The van der Waals surface area contributed by atoms with E-state index >= 15 is 0 Å². The molecule has 1 heterocycles. The van der Waals surface area contributed by atoms with Gasteiger partial charge in [-0.15, -0.1) is 10.2 Å². The number of ether oxygens (including phenoxy) is 1. The van der Waals surface area contributed by atoms with Gasteiger partial charge in [-0.2, -0.15) is 0 Å². The van der Waals surface area contributed by atoms with Crippen LogP contribution in [0.5, 0.6) is 0 Å². The lowest BCUT2D eigenvalue weighted by Crippen LogP contribution is -2.09. The number of aromatic nitrogens is 3. The summed E-state index contributed by atoms with van der Waals surface area (Å²) in [6.45, 7) is 2.19. The van der Waals surface area contributed by atoms with E-state index in [1.54, 1.807) is 13.4 Å². The van der Waals surface area contributed by atoms with E-state index in [0.717, 1.165) is 25.2 Å². The summed E-state index contributed by atoms with van der Waals surface area (Å²) in [5, 5.41) is 7.85. The van der Waals surface area contributed by atoms with Crippen LogP contribution in [0.3, 0.4) is 0 Å². The maximum atomic E-state index is 5.41. The maximum absolute atomic E-state index is 5.41. The number of nitrogens with two attached hydrogens (primary N) is 1. The third-order valence-corrected chi connectivity index (χ3v) is 1.84. The molecular formula is C8H16N4O. The Hall–Kier alpha value is -0.940. The molecule has 0 atom stereocenters. The molecule has 1 rings (SSSR count). The van der Waals surface area contributed by atoms with E-state index in [9.17, 15) is 0 Å². The van der Waals surface area contributed by atoms with Gasteiger partial charge in [0, 0.05) is 20.1 Å². The molecule has 0 bridgehead atoms. The molecule has 0 aliphatic carbocycles. The molecule has 1 aromatic rings. The van der Waals surface area contributed by atoms with Gasteiger partial charge in [0.1, 0.15) is 12.2 Å². The fourth-order valence-corrected chi connectivity index (χ4v) is 1.11. The van der Waals surface area contributed by atoms with Crippen LogP contribution in [0, 0.1) is 0 Å². The Kier molecular flexibility index (Phi) is 4.42. The van der Waals surface area contributed by atoms with E-state index in [2.05, 4.69) is 10.2 Å². The molecule has 13 heavy (non-hydrogen) atoms. The summed E-state index contributed by atoms with van der Waals surface area (Å²) >= 11 is 0. The maximum Gasteiger partial charge on any atom is 0.132 e. The molecule has 0 aliphatic rings. The highest BCUT2D eigenvalue weighted by atomic mass is 16.5. The van der Waals surface area contributed by atoms with E-state index in [-0.39, 0.29) is 0 Å². The second kappa shape index (κ2) is 5.66. The van der Waals surface area contributed by atoms with Crippen LogP contribution in [-0.2, 0) is 17.7 Å². The topological polar surface area (TPSA) is 66.0 Å². The van der Waals surface area contributed by atoms with Crippen LogP contribution in [0.1, 0.15) is 12.2 Å². The van der Waals surface area contributed by atoms with Crippen LogP contribution in [-0.4, -0.2) is 35.0 Å². The van der Waals surface area contributed by atoms with Gasteiger partial charge in [-0.05, 0) is 13.0 Å². The molecule has 0 spiro atoms. The third kappa shape index (κ3) is 3.12. The van der Waals surface area contributed by atoms with E-state index in [0.29, 0.717) is 13.2 Å². The Morgan fingerprint density at radius 1 is 1.62 bits per heavy atom. The zero-order valence-corrected chi connectivity index (χ0v) is 7.94. The van der Waals surface area contributed by atoms with Crippen LogP contribution in [0.2, 0.25) is 0 Å². The molecular weight excluding hydrogens is 168 g/mol. The Bertz CT molecular complexity index is 213. The van der Waals surface area contributed by atoms with Gasteiger partial charge in [0.25, 0.3) is 0 Å². The molecule has 5 nitrogen and oxygen atoms in total. The van der Waals surface area contributed by atoms with Crippen LogP contribution in [0.15, 0.2) is 6.33 Å². The van der Waals surface area contributed by atoms with Gasteiger partial charge in [-0.25, -0.2) is 0 Å². The van der Waals surface area contributed by atoms with E-state index in [4.69, 9.17) is 10.5 Å². The minimum atomic E-state index is 0.688. The molecule has 2 N–H and O–H groups in total. The highest BCUT2D eigenvalue weighted by Gasteiger charge is 2.02. The smallest absolute Gasteiger partial charge is 0.132 e. The molecule has 74 valence electrons. The largest absolute Gasteiger partial charge is 0.383 e. The molecule has 0 aliphatic heterocycles. The van der Waals surface area contributed by atoms with E-state index < -0.39 is 0 Å². The molecule has 5 heteroatoms. The first kappa shape index (κ1) is 10.1. The predicted octanol–water partition coefficient (Wildman–Crippen LogP) is -0.184. The average Bonchev–Trinajstić information content (AvgIpc) is 2.59. The third-order valence-electron chi connectivity index (χ3n) is 1.84. The van der Waals surface area contributed by atoms with Crippen LogP contribution in [0.25, 0.3) is 0 Å².